The molecule has 1 fully saturated rings. The van der Waals surface area contributed by atoms with E-state index in [0.29, 0.717) is 11.7 Å². The summed E-state index contributed by atoms with van der Waals surface area (Å²) in [5.41, 5.74) is 3.90. The molecule has 1 aliphatic rings. The Morgan fingerprint density at radius 3 is 2.69 bits per heavy atom. The molecule has 32 heavy (non-hydrogen) atoms. The normalized spacial score (nSPS) is 14.8. The van der Waals surface area contributed by atoms with E-state index < -0.39 is 0 Å². The van der Waals surface area contributed by atoms with Crippen molar-refractivity contribution in [3.05, 3.63) is 45.2 Å². The Morgan fingerprint density at radius 2 is 1.97 bits per heavy atom. The molecular formula is C24H37N5O2S. The van der Waals surface area contributed by atoms with Crippen molar-refractivity contribution in [2.24, 2.45) is 0 Å². The highest BCUT2D eigenvalue weighted by Crippen LogP contribution is 2.19. The van der Waals surface area contributed by atoms with Crippen LogP contribution in [0.15, 0.2) is 23.0 Å². The minimum Gasteiger partial charge on any atom is -0.379 e. The first-order valence-corrected chi connectivity index (χ1v) is 11.9. The Labute approximate surface area is 196 Å². The smallest absolute Gasteiger partial charge is 0.253 e. The van der Waals surface area contributed by atoms with E-state index in [1.807, 2.05) is 27.1 Å². The topological polar surface area (TPSA) is 63.8 Å². The Hall–Kier alpha value is -2.00. The third-order valence-corrected chi connectivity index (χ3v) is 6.53. The minimum absolute atomic E-state index is 0.0452. The molecule has 1 aromatic carbocycles. The minimum atomic E-state index is -0.0452. The number of fused-ring (bicyclic) bond motifs is 1. The van der Waals surface area contributed by atoms with E-state index >= 15 is 0 Å². The number of morpholine rings is 1. The molecule has 0 bridgehead atoms. The lowest BCUT2D eigenvalue weighted by Crippen LogP contribution is -2.44. The third-order valence-electron chi connectivity index (χ3n) is 6.12. The summed E-state index contributed by atoms with van der Waals surface area (Å²) in [4.78, 5) is 22.6. The summed E-state index contributed by atoms with van der Waals surface area (Å²) in [7, 11) is 4.09. The lowest BCUT2D eigenvalue weighted by molar-refractivity contribution is 0.0376. The number of H-pyrrole nitrogens is 1. The van der Waals surface area contributed by atoms with Crippen LogP contribution < -0.4 is 10.9 Å². The number of ether oxygens (including phenoxy) is 1. The summed E-state index contributed by atoms with van der Waals surface area (Å²) in [5, 5.41) is 5.17. The molecular weight excluding hydrogens is 422 g/mol. The van der Waals surface area contributed by atoms with Gasteiger partial charge in [-0.2, -0.15) is 0 Å². The molecule has 0 aliphatic carbocycles. The lowest BCUT2D eigenvalue weighted by Gasteiger charge is -2.28. The molecule has 3 rings (SSSR count). The van der Waals surface area contributed by atoms with Gasteiger partial charge >= 0.3 is 0 Å². The SMILES string of the molecule is Cc1ccc2cc(CN(CCN(C)C)C(=S)NCCCN3CCOCC3)c(=O)[nH]c2c1C. The zero-order valence-electron chi connectivity index (χ0n) is 19.9. The zero-order chi connectivity index (χ0) is 23.1. The van der Waals surface area contributed by atoms with Gasteiger partial charge in [-0.05, 0) is 75.7 Å². The molecule has 2 N–H and O–H groups in total. The first-order chi connectivity index (χ1) is 15.3. The monoisotopic (exact) mass is 459 g/mol. The van der Waals surface area contributed by atoms with Gasteiger partial charge in [0.25, 0.3) is 5.56 Å². The second-order valence-electron chi connectivity index (χ2n) is 8.86. The number of rotatable bonds is 9. The maximum atomic E-state index is 12.9. The largest absolute Gasteiger partial charge is 0.379 e. The Morgan fingerprint density at radius 1 is 1.22 bits per heavy atom. The van der Waals surface area contributed by atoms with E-state index in [1.54, 1.807) is 0 Å². The van der Waals surface area contributed by atoms with Gasteiger partial charge in [-0.1, -0.05) is 12.1 Å². The molecule has 2 heterocycles. The predicted octanol–water partition coefficient (Wildman–Crippen LogP) is 2.11. The van der Waals surface area contributed by atoms with Gasteiger partial charge in [-0.25, -0.2) is 0 Å². The summed E-state index contributed by atoms with van der Waals surface area (Å²) < 4.78 is 5.41. The van der Waals surface area contributed by atoms with Gasteiger partial charge in [0.1, 0.15) is 0 Å². The number of likely N-dealkylation sites (N-methyl/N-ethyl adjacent to an activating group) is 1. The molecule has 1 saturated heterocycles. The van der Waals surface area contributed by atoms with E-state index in [4.69, 9.17) is 17.0 Å². The summed E-state index contributed by atoms with van der Waals surface area (Å²) in [5.74, 6) is 0. The first-order valence-electron chi connectivity index (χ1n) is 11.4. The van der Waals surface area contributed by atoms with E-state index in [0.717, 1.165) is 80.9 Å². The second-order valence-corrected chi connectivity index (χ2v) is 9.25. The quantitative estimate of drug-likeness (QED) is 0.440. The number of aromatic amines is 1. The number of aryl methyl sites for hydroxylation is 2. The van der Waals surface area contributed by atoms with Gasteiger partial charge in [0.15, 0.2) is 5.11 Å². The molecule has 0 saturated carbocycles. The number of nitrogens with zero attached hydrogens (tertiary/aromatic N) is 3. The van der Waals surface area contributed by atoms with Crippen molar-refractivity contribution < 1.29 is 4.74 Å². The number of hydrogen-bond donors (Lipinski definition) is 2. The first kappa shape index (κ1) is 24.6. The zero-order valence-corrected chi connectivity index (χ0v) is 20.7. The Balaban J connectivity index is 1.65. The van der Waals surface area contributed by atoms with Gasteiger partial charge in [0.2, 0.25) is 0 Å². The van der Waals surface area contributed by atoms with Crippen molar-refractivity contribution in [1.29, 1.82) is 0 Å². The predicted molar refractivity (Wildman–Crippen MR) is 135 cm³/mol. The number of nitrogens with one attached hydrogen (secondary N) is 2. The van der Waals surface area contributed by atoms with Gasteiger partial charge in [0.05, 0.1) is 25.3 Å². The highest BCUT2D eigenvalue weighted by atomic mass is 32.1. The van der Waals surface area contributed by atoms with E-state index in [9.17, 15) is 4.79 Å². The average molecular weight is 460 g/mol. The maximum absolute atomic E-state index is 12.9. The van der Waals surface area contributed by atoms with Crippen molar-refractivity contribution in [2.45, 2.75) is 26.8 Å². The number of hydrogen-bond acceptors (Lipinski definition) is 5. The van der Waals surface area contributed by atoms with Crippen LogP contribution in [0.2, 0.25) is 0 Å². The fourth-order valence-corrected chi connectivity index (χ4v) is 4.16. The molecule has 1 aromatic heterocycles. The van der Waals surface area contributed by atoms with Crippen molar-refractivity contribution >= 4 is 28.2 Å². The fraction of sp³-hybridized carbons (Fsp3) is 0.583. The number of thiocarbonyl (C=S) groups is 1. The number of aromatic nitrogens is 1. The van der Waals surface area contributed by atoms with Crippen LogP contribution in [0, 0.1) is 13.8 Å². The third kappa shape index (κ3) is 6.75. The van der Waals surface area contributed by atoms with Gasteiger partial charge in [-0.3, -0.25) is 9.69 Å². The molecule has 0 radical (unpaired) electrons. The van der Waals surface area contributed by atoms with Gasteiger partial charge < -0.3 is 24.8 Å². The molecule has 0 atom stereocenters. The second kappa shape index (κ2) is 11.7. The van der Waals surface area contributed by atoms with Crippen molar-refractivity contribution in [3.8, 4) is 0 Å². The standard InChI is InChI=1S/C24H37N5O2S/c1-18-6-7-20-16-21(23(30)26-22(20)19(18)2)17-29(11-10-27(3)4)24(32)25-8-5-9-28-12-14-31-15-13-28/h6-7,16H,5,8-15,17H2,1-4H3,(H,25,32)(H,26,30). The molecule has 0 spiro atoms. The fourth-order valence-electron chi connectivity index (χ4n) is 3.90. The van der Waals surface area contributed by atoms with Crippen LogP contribution in [-0.4, -0.2) is 91.4 Å². The summed E-state index contributed by atoms with van der Waals surface area (Å²) in [6.45, 7) is 11.7. The molecule has 0 unspecified atom stereocenters. The van der Waals surface area contributed by atoms with Crippen molar-refractivity contribution in [2.75, 3.05) is 66.6 Å². The van der Waals surface area contributed by atoms with Crippen molar-refractivity contribution in [1.82, 2.24) is 25.0 Å². The summed E-state index contributed by atoms with van der Waals surface area (Å²) in [6.07, 6.45) is 1.02. The molecule has 0 amide bonds. The highest BCUT2D eigenvalue weighted by molar-refractivity contribution is 7.80. The van der Waals surface area contributed by atoms with Crippen LogP contribution in [0.3, 0.4) is 0 Å². The van der Waals surface area contributed by atoms with E-state index in [2.05, 4.69) is 44.1 Å². The average Bonchev–Trinajstić information content (AvgIpc) is 2.78. The molecule has 7 nitrogen and oxygen atoms in total. The van der Waals surface area contributed by atoms with E-state index in [1.165, 1.54) is 5.56 Å². The highest BCUT2D eigenvalue weighted by Gasteiger charge is 2.15. The lowest BCUT2D eigenvalue weighted by atomic mass is 10.0. The summed E-state index contributed by atoms with van der Waals surface area (Å²) >= 11 is 5.72. The Bertz CT molecular complexity index is 969. The molecule has 1 aliphatic heterocycles. The summed E-state index contributed by atoms with van der Waals surface area (Å²) in [6, 6.07) is 6.18. The van der Waals surface area contributed by atoms with Crippen LogP contribution in [-0.2, 0) is 11.3 Å². The van der Waals surface area contributed by atoms with Crippen molar-refractivity contribution in [3.63, 3.8) is 0 Å². The van der Waals surface area contributed by atoms with E-state index in [-0.39, 0.29) is 5.56 Å². The van der Waals surface area contributed by atoms with Crippen LogP contribution in [0.4, 0.5) is 0 Å². The van der Waals surface area contributed by atoms with Crippen LogP contribution in [0.25, 0.3) is 10.9 Å². The van der Waals surface area contributed by atoms with Gasteiger partial charge in [0, 0.05) is 38.3 Å². The molecule has 2 aromatic rings. The van der Waals surface area contributed by atoms with Crippen LogP contribution >= 0.6 is 12.2 Å². The van der Waals surface area contributed by atoms with Crippen LogP contribution in [0.5, 0.6) is 0 Å². The number of pyridine rings is 1. The molecule has 176 valence electrons. The number of benzene rings is 1. The van der Waals surface area contributed by atoms with Gasteiger partial charge in [-0.15, -0.1) is 0 Å². The Kier molecular flexibility index (Phi) is 9.04. The van der Waals surface area contributed by atoms with Crippen LogP contribution in [0.1, 0.15) is 23.1 Å². The molecule has 8 heteroatoms. The maximum Gasteiger partial charge on any atom is 0.253 e.